The fourth-order valence-electron chi connectivity index (χ4n) is 3.62. The van der Waals surface area contributed by atoms with Crippen LogP contribution in [-0.2, 0) is 14.1 Å². The van der Waals surface area contributed by atoms with Crippen molar-refractivity contribution in [2.24, 2.45) is 14.1 Å². The van der Waals surface area contributed by atoms with Crippen molar-refractivity contribution < 1.29 is 9.90 Å². The summed E-state index contributed by atoms with van der Waals surface area (Å²) in [5.41, 5.74) is 2.52. The van der Waals surface area contributed by atoms with Gasteiger partial charge in [-0.1, -0.05) is 17.7 Å². The smallest absolute Gasteiger partial charge is 0.356 e. The minimum Gasteiger partial charge on any atom is -0.476 e. The third kappa shape index (κ3) is 4.49. The van der Waals surface area contributed by atoms with E-state index in [9.17, 15) is 14.7 Å². The lowest BCUT2D eigenvalue weighted by Gasteiger charge is -2.19. The molecule has 3 aromatic heterocycles. The number of benzene rings is 1. The van der Waals surface area contributed by atoms with Crippen molar-refractivity contribution in [3.8, 4) is 11.8 Å². The van der Waals surface area contributed by atoms with E-state index >= 15 is 0 Å². The Kier molecular flexibility index (Phi) is 6.09. The molecule has 0 amide bonds. The lowest BCUT2D eigenvalue weighted by molar-refractivity contribution is 0.0691. The van der Waals surface area contributed by atoms with Gasteiger partial charge < -0.3 is 10.4 Å². The van der Waals surface area contributed by atoms with Crippen molar-refractivity contribution in [1.29, 1.82) is 0 Å². The van der Waals surface area contributed by atoms with Gasteiger partial charge in [-0.05, 0) is 55.5 Å². The lowest BCUT2D eigenvalue weighted by Crippen LogP contribution is -2.22. The molecular formula is C24H21ClN6O3. The number of anilines is 1. The summed E-state index contributed by atoms with van der Waals surface area (Å²) in [6.07, 6.45) is 1.78. The maximum Gasteiger partial charge on any atom is 0.356 e. The summed E-state index contributed by atoms with van der Waals surface area (Å²) in [7, 11) is 3.42. The Morgan fingerprint density at radius 3 is 2.62 bits per heavy atom. The van der Waals surface area contributed by atoms with E-state index in [-0.39, 0.29) is 16.4 Å². The van der Waals surface area contributed by atoms with Gasteiger partial charge in [0, 0.05) is 25.9 Å². The molecule has 3 heterocycles. The zero-order valence-electron chi connectivity index (χ0n) is 18.9. The number of carboxylic acids is 1. The van der Waals surface area contributed by atoms with E-state index in [1.54, 1.807) is 43.2 Å². The Morgan fingerprint density at radius 2 is 1.94 bits per heavy atom. The third-order valence-electron chi connectivity index (χ3n) is 5.27. The van der Waals surface area contributed by atoms with E-state index in [4.69, 9.17) is 16.6 Å². The van der Waals surface area contributed by atoms with Crippen molar-refractivity contribution in [2.75, 3.05) is 5.32 Å². The molecule has 4 rings (SSSR count). The van der Waals surface area contributed by atoms with Crippen LogP contribution in [0.1, 0.15) is 46.1 Å². The predicted octanol–water partition coefficient (Wildman–Crippen LogP) is 3.29. The molecule has 0 aliphatic carbocycles. The molecule has 0 radical (unpaired) electrons. The van der Waals surface area contributed by atoms with Gasteiger partial charge in [0.1, 0.15) is 10.8 Å². The van der Waals surface area contributed by atoms with Crippen LogP contribution in [0.15, 0.2) is 41.3 Å². The van der Waals surface area contributed by atoms with Crippen LogP contribution >= 0.6 is 11.6 Å². The number of aryl methyl sites for hydroxylation is 2. The molecule has 9 nitrogen and oxygen atoms in total. The number of carboxylic acid groups (broad SMARTS) is 1. The maximum atomic E-state index is 13.1. The SMILES string of the molecule is Cc1cc([C@@H](C)Nc2ccc(Cl)nc2C(=O)O)c2nc(C#Cc3ccn(C)n3)n(C)c(=O)c2c1. The van der Waals surface area contributed by atoms with Crippen molar-refractivity contribution in [3.63, 3.8) is 0 Å². The van der Waals surface area contributed by atoms with Gasteiger partial charge in [0.2, 0.25) is 0 Å². The minimum absolute atomic E-state index is 0.0814. The molecule has 0 spiro atoms. The largest absolute Gasteiger partial charge is 0.476 e. The second-order valence-electron chi connectivity index (χ2n) is 7.88. The molecule has 2 N–H and O–H groups in total. The molecule has 0 saturated carbocycles. The molecule has 1 atom stereocenters. The number of aromatic nitrogens is 5. The van der Waals surface area contributed by atoms with Crippen LogP contribution in [0.4, 0.5) is 5.69 Å². The first-order valence-corrected chi connectivity index (χ1v) is 10.7. The van der Waals surface area contributed by atoms with Gasteiger partial charge in [-0.3, -0.25) is 14.0 Å². The Bertz CT molecular complexity index is 1560. The monoisotopic (exact) mass is 476 g/mol. The minimum atomic E-state index is -1.20. The highest BCUT2D eigenvalue weighted by atomic mass is 35.5. The van der Waals surface area contributed by atoms with E-state index < -0.39 is 12.0 Å². The van der Waals surface area contributed by atoms with Crippen LogP contribution < -0.4 is 10.9 Å². The molecule has 0 aliphatic heterocycles. The summed E-state index contributed by atoms with van der Waals surface area (Å²) in [6, 6.07) is 8.13. The molecule has 172 valence electrons. The second kappa shape index (κ2) is 9.00. The highest BCUT2D eigenvalue weighted by molar-refractivity contribution is 6.29. The Morgan fingerprint density at radius 1 is 1.18 bits per heavy atom. The summed E-state index contributed by atoms with van der Waals surface area (Å²) >= 11 is 5.87. The maximum absolute atomic E-state index is 13.1. The first-order chi connectivity index (χ1) is 16.1. The number of halogens is 1. The average molecular weight is 477 g/mol. The van der Waals surface area contributed by atoms with Crippen molar-refractivity contribution >= 4 is 34.2 Å². The highest BCUT2D eigenvalue weighted by Gasteiger charge is 2.19. The van der Waals surface area contributed by atoms with Gasteiger partial charge in [0.05, 0.1) is 22.6 Å². The molecule has 0 bridgehead atoms. The zero-order valence-corrected chi connectivity index (χ0v) is 19.7. The third-order valence-corrected chi connectivity index (χ3v) is 5.48. The summed E-state index contributed by atoms with van der Waals surface area (Å²) < 4.78 is 3.05. The molecule has 0 unspecified atom stereocenters. The quantitative estimate of drug-likeness (QED) is 0.343. The molecule has 1 aromatic carbocycles. The van der Waals surface area contributed by atoms with Crippen LogP contribution in [0.3, 0.4) is 0 Å². The first-order valence-electron chi connectivity index (χ1n) is 10.3. The first kappa shape index (κ1) is 23.0. The van der Waals surface area contributed by atoms with Crippen LogP contribution in [-0.4, -0.2) is 35.4 Å². The lowest BCUT2D eigenvalue weighted by atomic mass is 10.0. The van der Waals surface area contributed by atoms with Crippen molar-refractivity contribution in [2.45, 2.75) is 19.9 Å². The molecule has 4 aromatic rings. The van der Waals surface area contributed by atoms with Crippen LogP contribution in [0.2, 0.25) is 5.15 Å². The van der Waals surface area contributed by atoms with Crippen LogP contribution in [0.25, 0.3) is 10.9 Å². The molecule has 0 aliphatic rings. The van der Waals surface area contributed by atoms with Gasteiger partial charge in [-0.2, -0.15) is 5.10 Å². The standard InChI is InChI=1S/C24H21ClN6O3/c1-13-11-16(14(2)26-18-6-7-19(25)27-22(18)24(33)34)21-17(12-13)23(32)31(4)20(28-21)8-5-15-9-10-30(3)29-15/h6-7,9-12,14,26H,1-4H3,(H,33,34)/t14-/m1/s1. The predicted molar refractivity (Wildman–Crippen MR) is 129 cm³/mol. The number of fused-ring (bicyclic) bond motifs is 1. The summed E-state index contributed by atoms with van der Waals surface area (Å²) in [6.45, 7) is 3.74. The molecular weight excluding hydrogens is 456 g/mol. The van der Waals surface area contributed by atoms with Gasteiger partial charge in [-0.25, -0.2) is 14.8 Å². The Balaban J connectivity index is 1.83. The van der Waals surface area contributed by atoms with Gasteiger partial charge in [0.15, 0.2) is 11.5 Å². The van der Waals surface area contributed by atoms with E-state index in [1.807, 2.05) is 19.9 Å². The van der Waals surface area contributed by atoms with Crippen molar-refractivity contribution in [3.05, 3.63) is 80.4 Å². The summed E-state index contributed by atoms with van der Waals surface area (Å²) in [5, 5.41) is 17.4. The number of rotatable bonds is 4. The topological polar surface area (TPSA) is 115 Å². The zero-order chi connectivity index (χ0) is 24.6. The van der Waals surface area contributed by atoms with E-state index in [0.29, 0.717) is 28.1 Å². The number of hydrogen-bond acceptors (Lipinski definition) is 6. The van der Waals surface area contributed by atoms with E-state index in [0.717, 1.165) is 11.1 Å². The Labute approximate surface area is 200 Å². The van der Waals surface area contributed by atoms with Gasteiger partial charge in [-0.15, -0.1) is 0 Å². The normalized spacial score (nSPS) is 11.7. The number of hydrogen-bond donors (Lipinski definition) is 2. The highest BCUT2D eigenvalue weighted by Crippen LogP contribution is 2.28. The van der Waals surface area contributed by atoms with Crippen LogP contribution in [0, 0.1) is 18.8 Å². The molecule has 0 saturated heterocycles. The number of carbonyl (C=O) groups is 1. The van der Waals surface area contributed by atoms with Gasteiger partial charge >= 0.3 is 5.97 Å². The molecule has 0 fully saturated rings. The average Bonchev–Trinajstić information content (AvgIpc) is 3.21. The van der Waals surface area contributed by atoms with Gasteiger partial charge in [0.25, 0.3) is 5.56 Å². The number of aromatic carboxylic acids is 1. The van der Waals surface area contributed by atoms with Crippen molar-refractivity contribution in [1.82, 2.24) is 24.3 Å². The fourth-order valence-corrected chi connectivity index (χ4v) is 3.77. The molecule has 10 heteroatoms. The Hall–Kier alpha value is -4.16. The summed E-state index contributed by atoms with van der Waals surface area (Å²) in [4.78, 5) is 33.4. The van der Waals surface area contributed by atoms with Crippen LogP contribution in [0.5, 0.6) is 0 Å². The number of nitrogens with one attached hydrogen (secondary N) is 1. The van der Waals surface area contributed by atoms with E-state index in [1.165, 1.54) is 10.6 Å². The van der Waals surface area contributed by atoms with E-state index in [2.05, 4.69) is 27.2 Å². The number of nitrogens with zero attached hydrogens (tertiary/aromatic N) is 5. The number of pyridine rings is 1. The second-order valence-corrected chi connectivity index (χ2v) is 8.26. The molecule has 34 heavy (non-hydrogen) atoms. The summed E-state index contributed by atoms with van der Waals surface area (Å²) in [5.74, 6) is 4.96. The fraction of sp³-hybridized carbons (Fsp3) is 0.208.